The summed E-state index contributed by atoms with van der Waals surface area (Å²) in [5, 5.41) is 0. The predicted octanol–water partition coefficient (Wildman–Crippen LogP) is 1.36. The number of aromatic amines is 1. The second kappa shape index (κ2) is 4.02. The molecule has 0 atom stereocenters. The van der Waals surface area contributed by atoms with Gasteiger partial charge in [0.05, 0.1) is 3.57 Å². The predicted molar refractivity (Wildman–Crippen MR) is 64.4 cm³/mol. The van der Waals surface area contributed by atoms with Crippen molar-refractivity contribution < 1.29 is 0 Å². The van der Waals surface area contributed by atoms with Crippen molar-refractivity contribution in [2.75, 3.05) is 13.1 Å². The van der Waals surface area contributed by atoms with Crippen LogP contribution in [-0.2, 0) is 13.0 Å². The summed E-state index contributed by atoms with van der Waals surface area (Å²) in [6.07, 6.45) is 1.05. The maximum atomic E-state index is 11.4. The van der Waals surface area contributed by atoms with E-state index in [0.29, 0.717) is 0 Å². The number of nitrogens with one attached hydrogen (secondary N) is 1. The minimum atomic E-state index is 0.0438. The fourth-order valence-corrected chi connectivity index (χ4v) is 2.31. The monoisotopic (exact) mass is 304 g/mol. The zero-order valence-electron chi connectivity index (χ0n) is 8.14. The van der Waals surface area contributed by atoms with E-state index < -0.39 is 0 Å². The van der Waals surface area contributed by atoms with Gasteiger partial charge in [-0.2, -0.15) is 0 Å². The van der Waals surface area contributed by atoms with Gasteiger partial charge in [0.15, 0.2) is 0 Å². The first-order valence-corrected chi connectivity index (χ1v) is 5.91. The molecule has 1 aliphatic rings. The van der Waals surface area contributed by atoms with Gasteiger partial charge in [0.1, 0.15) is 0 Å². The molecule has 0 saturated heterocycles. The van der Waals surface area contributed by atoms with E-state index in [0.717, 1.165) is 35.3 Å². The highest BCUT2D eigenvalue weighted by Gasteiger charge is 2.16. The van der Waals surface area contributed by atoms with Crippen molar-refractivity contribution in [1.29, 1.82) is 0 Å². The first-order valence-electron chi connectivity index (χ1n) is 4.83. The van der Waals surface area contributed by atoms with E-state index in [1.807, 2.05) is 6.07 Å². The van der Waals surface area contributed by atoms with Crippen LogP contribution in [0.15, 0.2) is 10.9 Å². The number of hydrogen-bond acceptors (Lipinski definition) is 2. The van der Waals surface area contributed by atoms with Gasteiger partial charge in [-0.3, -0.25) is 9.69 Å². The maximum Gasteiger partial charge on any atom is 0.261 e. The van der Waals surface area contributed by atoms with Crippen LogP contribution in [0, 0.1) is 3.57 Å². The molecule has 0 radical (unpaired) electrons. The lowest BCUT2D eigenvalue weighted by Crippen LogP contribution is -2.32. The third kappa shape index (κ3) is 1.86. The second-order valence-electron chi connectivity index (χ2n) is 3.57. The van der Waals surface area contributed by atoms with Gasteiger partial charge in [0.2, 0.25) is 0 Å². The fourth-order valence-electron chi connectivity index (χ4n) is 1.80. The number of likely N-dealkylation sites (N-methyl/N-ethyl adjacent to an activating group) is 1. The Balaban J connectivity index is 2.38. The van der Waals surface area contributed by atoms with Gasteiger partial charge >= 0.3 is 0 Å². The van der Waals surface area contributed by atoms with Gasteiger partial charge in [-0.15, -0.1) is 0 Å². The summed E-state index contributed by atoms with van der Waals surface area (Å²) in [5.74, 6) is 0. The molecule has 1 N–H and O–H groups in total. The molecule has 0 unspecified atom stereocenters. The summed E-state index contributed by atoms with van der Waals surface area (Å²) < 4.78 is 0.797. The van der Waals surface area contributed by atoms with Gasteiger partial charge in [-0.05, 0) is 47.2 Å². The highest BCUT2D eigenvalue weighted by atomic mass is 127. The summed E-state index contributed by atoms with van der Waals surface area (Å²) in [7, 11) is 0. The molecule has 1 aromatic rings. The van der Waals surface area contributed by atoms with Crippen LogP contribution in [0.5, 0.6) is 0 Å². The van der Waals surface area contributed by atoms with Crippen molar-refractivity contribution in [3.05, 3.63) is 31.2 Å². The van der Waals surface area contributed by atoms with E-state index >= 15 is 0 Å². The largest absolute Gasteiger partial charge is 0.324 e. The summed E-state index contributed by atoms with van der Waals surface area (Å²) in [5.41, 5.74) is 2.45. The molecule has 1 aromatic heterocycles. The van der Waals surface area contributed by atoms with Crippen LogP contribution in [0.1, 0.15) is 18.2 Å². The molecule has 2 heterocycles. The highest BCUT2D eigenvalue weighted by molar-refractivity contribution is 14.1. The Morgan fingerprint density at radius 2 is 2.43 bits per heavy atom. The maximum absolute atomic E-state index is 11.4. The summed E-state index contributed by atoms with van der Waals surface area (Å²) in [6.45, 7) is 5.19. The van der Waals surface area contributed by atoms with Crippen LogP contribution < -0.4 is 5.56 Å². The molecule has 0 fully saturated rings. The molecule has 0 spiro atoms. The third-order valence-electron chi connectivity index (χ3n) is 2.70. The number of aromatic nitrogens is 1. The molecular weight excluding hydrogens is 291 g/mol. The SMILES string of the molecule is CCN1CCc2cc(I)c(=O)[nH]c2C1. The topological polar surface area (TPSA) is 36.1 Å². The fraction of sp³-hybridized carbons (Fsp3) is 0.500. The Morgan fingerprint density at radius 3 is 3.14 bits per heavy atom. The molecule has 0 amide bonds. The summed E-state index contributed by atoms with van der Waals surface area (Å²) in [6, 6.07) is 2.02. The molecular formula is C10H13IN2O. The zero-order valence-corrected chi connectivity index (χ0v) is 10.3. The van der Waals surface area contributed by atoms with Gasteiger partial charge in [-0.1, -0.05) is 6.92 Å². The smallest absolute Gasteiger partial charge is 0.261 e. The molecule has 0 aromatic carbocycles. The van der Waals surface area contributed by atoms with E-state index in [4.69, 9.17) is 0 Å². The van der Waals surface area contributed by atoms with Crippen LogP contribution in [0.2, 0.25) is 0 Å². The summed E-state index contributed by atoms with van der Waals surface area (Å²) >= 11 is 2.09. The number of fused-ring (bicyclic) bond motifs is 1. The van der Waals surface area contributed by atoms with Crippen molar-refractivity contribution in [1.82, 2.24) is 9.88 Å². The lowest BCUT2D eigenvalue weighted by Gasteiger charge is -2.26. The normalized spacial score (nSPS) is 16.7. The Kier molecular flexibility index (Phi) is 2.92. The Bertz CT molecular complexity index is 400. The highest BCUT2D eigenvalue weighted by Crippen LogP contribution is 2.16. The third-order valence-corrected chi connectivity index (χ3v) is 3.50. The van der Waals surface area contributed by atoms with Gasteiger partial charge in [0, 0.05) is 18.8 Å². The number of pyridine rings is 1. The van der Waals surface area contributed by atoms with Crippen LogP contribution in [0.25, 0.3) is 0 Å². The van der Waals surface area contributed by atoms with Crippen molar-refractivity contribution in [3.63, 3.8) is 0 Å². The van der Waals surface area contributed by atoms with E-state index in [2.05, 4.69) is 39.4 Å². The Morgan fingerprint density at radius 1 is 1.64 bits per heavy atom. The van der Waals surface area contributed by atoms with Crippen LogP contribution >= 0.6 is 22.6 Å². The number of hydrogen-bond donors (Lipinski definition) is 1. The van der Waals surface area contributed by atoms with Crippen molar-refractivity contribution >= 4 is 22.6 Å². The lowest BCUT2D eigenvalue weighted by molar-refractivity contribution is 0.263. The molecule has 3 nitrogen and oxygen atoms in total. The van der Waals surface area contributed by atoms with E-state index in [1.165, 1.54) is 5.56 Å². The van der Waals surface area contributed by atoms with E-state index in [1.54, 1.807) is 0 Å². The van der Waals surface area contributed by atoms with Crippen LogP contribution in [0.3, 0.4) is 0 Å². The quantitative estimate of drug-likeness (QED) is 0.795. The van der Waals surface area contributed by atoms with Crippen molar-refractivity contribution in [2.24, 2.45) is 0 Å². The van der Waals surface area contributed by atoms with Gasteiger partial charge < -0.3 is 4.98 Å². The van der Waals surface area contributed by atoms with Gasteiger partial charge in [-0.25, -0.2) is 0 Å². The lowest BCUT2D eigenvalue weighted by atomic mass is 10.1. The average molecular weight is 304 g/mol. The Labute approximate surface area is 96.7 Å². The number of halogens is 1. The molecule has 0 saturated carbocycles. The molecule has 14 heavy (non-hydrogen) atoms. The molecule has 4 heteroatoms. The minimum absolute atomic E-state index is 0.0438. The molecule has 1 aliphatic heterocycles. The van der Waals surface area contributed by atoms with Crippen LogP contribution in [0.4, 0.5) is 0 Å². The first kappa shape index (κ1) is 10.2. The second-order valence-corrected chi connectivity index (χ2v) is 4.73. The van der Waals surface area contributed by atoms with Crippen molar-refractivity contribution in [2.45, 2.75) is 19.9 Å². The first-order chi connectivity index (χ1) is 6.70. The van der Waals surface area contributed by atoms with E-state index in [9.17, 15) is 4.79 Å². The van der Waals surface area contributed by atoms with Gasteiger partial charge in [0.25, 0.3) is 5.56 Å². The summed E-state index contributed by atoms with van der Waals surface area (Å²) in [4.78, 5) is 16.7. The van der Waals surface area contributed by atoms with E-state index in [-0.39, 0.29) is 5.56 Å². The van der Waals surface area contributed by atoms with Crippen LogP contribution in [-0.4, -0.2) is 23.0 Å². The minimum Gasteiger partial charge on any atom is -0.324 e. The standard InChI is InChI=1S/C10H13IN2O/c1-2-13-4-3-7-5-8(11)10(14)12-9(7)6-13/h5H,2-4,6H2,1H3,(H,12,14). The number of nitrogens with zero attached hydrogens (tertiary/aromatic N) is 1. The number of rotatable bonds is 1. The Hall–Kier alpha value is -0.360. The molecule has 0 bridgehead atoms. The number of H-pyrrole nitrogens is 1. The zero-order chi connectivity index (χ0) is 10.1. The van der Waals surface area contributed by atoms with Crippen molar-refractivity contribution in [3.8, 4) is 0 Å². The molecule has 76 valence electrons. The molecule has 2 rings (SSSR count). The average Bonchev–Trinajstić information content (AvgIpc) is 2.19. The molecule has 0 aliphatic carbocycles.